The molecule has 2 atom stereocenters. The third-order valence-corrected chi connectivity index (χ3v) is 2.89. The summed E-state index contributed by atoms with van der Waals surface area (Å²) in [7, 11) is 1.70. The van der Waals surface area contributed by atoms with Gasteiger partial charge in [0, 0.05) is 13.7 Å². The molecule has 0 aromatic rings. The summed E-state index contributed by atoms with van der Waals surface area (Å²) in [6, 6.07) is 0. The lowest BCUT2D eigenvalue weighted by molar-refractivity contribution is 0.0382. The Morgan fingerprint density at radius 3 is 2.15 bits per heavy atom. The molecule has 1 N–H and O–H groups in total. The average molecular weight is 188 g/mol. The molecule has 0 saturated heterocycles. The highest BCUT2D eigenvalue weighted by Crippen LogP contribution is 2.21. The molecular weight excluding hydrogens is 164 g/mol. The molecule has 0 bridgehead atoms. The number of aliphatic hydroxyl groups excluding tert-OH is 1. The average Bonchev–Trinajstić information content (AvgIpc) is 2.15. The van der Waals surface area contributed by atoms with Crippen molar-refractivity contribution in [3.63, 3.8) is 0 Å². The number of ether oxygens (including phenoxy) is 1. The summed E-state index contributed by atoms with van der Waals surface area (Å²) in [5.41, 5.74) is 0. The fourth-order valence-electron chi connectivity index (χ4n) is 1.71. The maximum absolute atomic E-state index is 9.95. The van der Waals surface area contributed by atoms with Gasteiger partial charge in [0.05, 0.1) is 6.10 Å². The van der Waals surface area contributed by atoms with Gasteiger partial charge in [0.15, 0.2) is 0 Å². The molecule has 0 radical (unpaired) electrons. The van der Waals surface area contributed by atoms with Crippen molar-refractivity contribution in [2.24, 2.45) is 11.8 Å². The Morgan fingerprint density at radius 1 is 1.23 bits per heavy atom. The zero-order chi connectivity index (χ0) is 10.3. The summed E-state index contributed by atoms with van der Waals surface area (Å²) >= 11 is 0. The van der Waals surface area contributed by atoms with Gasteiger partial charge in [-0.2, -0.15) is 0 Å². The second kappa shape index (κ2) is 7.34. The summed E-state index contributed by atoms with van der Waals surface area (Å²) in [6.45, 7) is 7.13. The highest BCUT2D eigenvalue weighted by Gasteiger charge is 2.21. The summed E-state index contributed by atoms with van der Waals surface area (Å²) in [5, 5.41) is 9.95. The van der Waals surface area contributed by atoms with E-state index in [9.17, 15) is 5.11 Å². The first-order valence-corrected chi connectivity index (χ1v) is 5.34. The molecule has 0 fully saturated rings. The van der Waals surface area contributed by atoms with E-state index in [4.69, 9.17) is 4.74 Å². The number of rotatable bonds is 7. The van der Waals surface area contributed by atoms with Gasteiger partial charge in [-0.3, -0.25) is 0 Å². The van der Waals surface area contributed by atoms with Crippen molar-refractivity contribution in [2.75, 3.05) is 13.7 Å². The minimum atomic E-state index is -0.162. The molecule has 0 spiro atoms. The molecule has 0 aliphatic rings. The molecule has 13 heavy (non-hydrogen) atoms. The summed E-state index contributed by atoms with van der Waals surface area (Å²) < 4.78 is 5.00. The van der Waals surface area contributed by atoms with Crippen LogP contribution in [0.15, 0.2) is 0 Å². The van der Waals surface area contributed by atoms with Crippen molar-refractivity contribution in [2.45, 2.75) is 46.1 Å². The highest BCUT2D eigenvalue weighted by atomic mass is 16.5. The quantitative estimate of drug-likeness (QED) is 0.665. The van der Waals surface area contributed by atoms with Crippen LogP contribution in [0, 0.1) is 11.8 Å². The lowest BCUT2D eigenvalue weighted by Crippen LogP contribution is -2.27. The fraction of sp³-hybridized carbons (Fsp3) is 1.00. The third kappa shape index (κ3) is 4.63. The van der Waals surface area contributed by atoms with Crippen LogP contribution in [0.1, 0.15) is 40.0 Å². The first kappa shape index (κ1) is 12.9. The lowest BCUT2D eigenvalue weighted by Gasteiger charge is -2.25. The van der Waals surface area contributed by atoms with Crippen molar-refractivity contribution in [3.8, 4) is 0 Å². The second-order valence-corrected chi connectivity index (χ2v) is 3.83. The predicted molar refractivity (Wildman–Crippen MR) is 55.7 cm³/mol. The molecule has 0 aliphatic heterocycles. The van der Waals surface area contributed by atoms with Crippen LogP contribution < -0.4 is 0 Å². The van der Waals surface area contributed by atoms with Gasteiger partial charge >= 0.3 is 0 Å². The second-order valence-electron chi connectivity index (χ2n) is 3.83. The van der Waals surface area contributed by atoms with E-state index in [0.29, 0.717) is 11.8 Å². The van der Waals surface area contributed by atoms with E-state index in [2.05, 4.69) is 20.8 Å². The minimum Gasteiger partial charge on any atom is -0.393 e. The Bertz CT molecular complexity index is 111. The zero-order valence-corrected chi connectivity index (χ0v) is 9.42. The van der Waals surface area contributed by atoms with E-state index in [1.807, 2.05) is 0 Å². The van der Waals surface area contributed by atoms with Crippen LogP contribution in [0.3, 0.4) is 0 Å². The number of hydrogen-bond acceptors (Lipinski definition) is 2. The van der Waals surface area contributed by atoms with Crippen LogP contribution in [0.4, 0.5) is 0 Å². The molecule has 2 unspecified atom stereocenters. The molecule has 0 aromatic heterocycles. The molecule has 2 heteroatoms. The van der Waals surface area contributed by atoms with Gasteiger partial charge in [0.25, 0.3) is 0 Å². The van der Waals surface area contributed by atoms with Crippen molar-refractivity contribution in [1.29, 1.82) is 0 Å². The molecule has 80 valence electrons. The van der Waals surface area contributed by atoms with Crippen LogP contribution in [0.25, 0.3) is 0 Å². The molecule has 0 saturated carbocycles. The Hall–Kier alpha value is -0.0800. The standard InChI is InChI=1S/C11H24O2/c1-5-10(6-2)11(12)9(3)7-8-13-4/h9-12H,5-8H2,1-4H3. The Morgan fingerprint density at radius 2 is 1.77 bits per heavy atom. The Kier molecular flexibility index (Phi) is 7.29. The van der Waals surface area contributed by atoms with E-state index in [1.54, 1.807) is 7.11 Å². The van der Waals surface area contributed by atoms with Crippen molar-refractivity contribution in [3.05, 3.63) is 0 Å². The van der Waals surface area contributed by atoms with Gasteiger partial charge in [0.1, 0.15) is 0 Å². The van der Waals surface area contributed by atoms with Gasteiger partial charge in [-0.05, 0) is 18.3 Å². The van der Waals surface area contributed by atoms with Gasteiger partial charge in [-0.25, -0.2) is 0 Å². The van der Waals surface area contributed by atoms with E-state index in [0.717, 1.165) is 25.9 Å². The lowest BCUT2D eigenvalue weighted by atomic mass is 9.87. The first-order valence-electron chi connectivity index (χ1n) is 5.34. The Labute approximate surface area is 82.3 Å². The summed E-state index contributed by atoms with van der Waals surface area (Å²) in [4.78, 5) is 0. The third-order valence-electron chi connectivity index (χ3n) is 2.89. The SMILES string of the molecule is CCC(CC)C(O)C(C)CCOC. The zero-order valence-electron chi connectivity index (χ0n) is 9.42. The maximum atomic E-state index is 9.95. The van der Waals surface area contributed by atoms with Gasteiger partial charge in [-0.15, -0.1) is 0 Å². The van der Waals surface area contributed by atoms with Gasteiger partial charge in [-0.1, -0.05) is 33.6 Å². The molecule has 0 amide bonds. The van der Waals surface area contributed by atoms with Crippen molar-refractivity contribution < 1.29 is 9.84 Å². The highest BCUT2D eigenvalue weighted by molar-refractivity contribution is 4.71. The number of aliphatic hydroxyl groups is 1. The molecule has 0 aromatic carbocycles. The smallest absolute Gasteiger partial charge is 0.0594 e. The Balaban J connectivity index is 3.83. The monoisotopic (exact) mass is 188 g/mol. The van der Waals surface area contributed by atoms with E-state index < -0.39 is 0 Å². The number of methoxy groups -OCH3 is 1. The van der Waals surface area contributed by atoms with E-state index in [-0.39, 0.29) is 6.10 Å². The summed E-state index contributed by atoms with van der Waals surface area (Å²) in [5.74, 6) is 0.803. The van der Waals surface area contributed by atoms with Crippen molar-refractivity contribution in [1.82, 2.24) is 0 Å². The van der Waals surface area contributed by atoms with E-state index >= 15 is 0 Å². The van der Waals surface area contributed by atoms with Crippen LogP contribution in [-0.4, -0.2) is 24.9 Å². The predicted octanol–water partition coefficient (Wildman–Crippen LogP) is 2.46. The molecule has 0 heterocycles. The molecule has 0 rings (SSSR count). The summed E-state index contributed by atoms with van der Waals surface area (Å²) in [6.07, 6.45) is 2.92. The van der Waals surface area contributed by atoms with Crippen molar-refractivity contribution >= 4 is 0 Å². The van der Waals surface area contributed by atoms with Crippen LogP contribution in [0.2, 0.25) is 0 Å². The van der Waals surface area contributed by atoms with Crippen LogP contribution >= 0.6 is 0 Å². The molecule has 2 nitrogen and oxygen atoms in total. The molecular formula is C11H24O2. The van der Waals surface area contributed by atoms with Crippen LogP contribution in [0.5, 0.6) is 0 Å². The van der Waals surface area contributed by atoms with E-state index in [1.165, 1.54) is 0 Å². The largest absolute Gasteiger partial charge is 0.393 e. The van der Waals surface area contributed by atoms with Gasteiger partial charge in [0.2, 0.25) is 0 Å². The number of hydrogen-bond donors (Lipinski definition) is 1. The van der Waals surface area contributed by atoms with Gasteiger partial charge < -0.3 is 9.84 Å². The normalized spacial score (nSPS) is 16.2. The fourth-order valence-corrected chi connectivity index (χ4v) is 1.71. The minimum absolute atomic E-state index is 0.162. The topological polar surface area (TPSA) is 29.5 Å². The van der Waals surface area contributed by atoms with Crippen LogP contribution in [-0.2, 0) is 4.74 Å². The maximum Gasteiger partial charge on any atom is 0.0594 e. The first-order chi connectivity index (χ1) is 6.17. The molecule has 0 aliphatic carbocycles.